The molecule has 2 atom stereocenters. The predicted molar refractivity (Wildman–Crippen MR) is 81.9 cm³/mol. The SMILES string of the molecule is COC(=O)c1cccc(N)c1NC1CCCC(C)CC1. The summed E-state index contributed by atoms with van der Waals surface area (Å²) in [4.78, 5) is 11.8. The first kappa shape index (κ1) is 14.7. The van der Waals surface area contributed by atoms with Crippen molar-refractivity contribution in [1.82, 2.24) is 0 Å². The number of ether oxygens (including phenoxy) is 1. The number of nitrogens with one attached hydrogen (secondary N) is 1. The van der Waals surface area contributed by atoms with Crippen LogP contribution in [0.1, 0.15) is 49.4 Å². The minimum absolute atomic E-state index is 0.346. The molecule has 1 aromatic rings. The number of benzene rings is 1. The summed E-state index contributed by atoms with van der Waals surface area (Å²) in [6.45, 7) is 2.30. The number of esters is 1. The Kier molecular flexibility index (Phi) is 4.88. The fourth-order valence-electron chi connectivity index (χ4n) is 2.85. The predicted octanol–water partition coefficient (Wildman–Crippen LogP) is 3.44. The summed E-state index contributed by atoms with van der Waals surface area (Å²) >= 11 is 0. The standard InChI is InChI=1S/C16H24N2O2/c1-11-5-3-6-12(10-9-11)18-15-13(16(19)20-2)7-4-8-14(15)17/h4,7-8,11-12,18H,3,5-6,9-10,17H2,1-2H3. The van der Waals surface area contributed by atoms with Crippen LogP contribution in [0.4, 0.5) is 11.4 Å². The van der Waals surface area contributed by atoms with Gasteiger partial charge in [-0.3, -0.25) is 0 Å². The van der Waals surface area contributed by atoms with Crippen molar-refractivity contribution in [2.45, 2.75) is 45.1 Å². The quantitative estimate of drug-likeness (QED) is 0.504. The number of hydrogen-bond acceptors (Lipinski definition) is 4. The van der Waals surface area contributed by atoms with Crippen molar-refractivity contribution in [2.24, 2.45) is 5.92 Å². The van der Waals surface area contributed by atoms with Gasteiger partial charge >= 0.3 is 5.97 Å². The molecule has 2 rings (SSSR count). The molecule has 0 bridgehead atoms. The van der Waals surface area contributed by atoms with Gasteiger partial charge in [-0.25, -0.2) is 4.79 Å². The van der Waals surface area contributed by atoms with Gasteiger partial charge in [-0.05, 0) is 37.3 Å². The summed E-state index contributed by atoms with van der Waals surface area (Å²) in [5.41, 5.74) is 7.87. The molecular formula is C16H24N2O2. The number of hydrogen-bond donors (Lipinski definition) is 2. The fourth-order valence-corrected chi connectivity index (χ4v) is 2.85. The minimum Gasteiger partial charge on any atom is -0.465 e. The lowest BCUT2D eigenvalue weighted by Crippen LogP contribution is -2.21. The van der Waals surface area contributed by atoms with Crippen molar-refractivity contribution in [3.63, 3.8) is 0 Å². The van der Waals surface area contributed by atoms with Gasteiger partial charge in [0.2, 0.25) is 0 Å². The average molecular weight is 276 g/mol. The van der Waals surface area contributed by atoms with Crippen LogP contribution in [0.3, 0.4) is 0 Å². The summed E-state index contributed by atoms with van der Waals surface area (Å²) in [5, 5.41) is 3.47. The molecule has 2 unspecified atom stereocenters. The third kappa shape index (κ3) is 3.44. The third-order valence-electron chi connectivity index (χ3n) is 4.11. The van der Waals surface area contributed by atoms with Crippen LogP contribution < -0.4 is 11.1 Å². The van der Waals surface area contributed by atoms with Gasteiger partial charge in [0.1, 0.15) is 0 Å². The molecule has 1 aromatic carbocycles. The van der Waals surface area contributed by atoms with E-state index in [1.165, 1.54) is 26.4 Å². The van der Waals surface area contributed by atoms with E-state index in [1.54, 1.807) is 12.1 Å². The molecule has 20 heavy (non-hydrogen) atoms. The van der Waals surface area contributed by atoms with Crippen LogP contribution in [0.25, 0.3) is 0 Å². The molecular weight excluding hydrogens is 252 g/mol. The second-order valence-corrected chi connectivity index (χ2v) is 5.72. The first-order valence-electron chi connectivity index (χ1n) is 7.35. The third-order valence-corrected chi connectivity index (χ3v) is 4.11. The second-order valence-electron chi connectivity index (χ2n) is 5.72. The molecule has 4 nitrogen and oxygen atoms in total. The Balaban J connectivity index is 2.17. The maximum Gasteiger partial charge on any atom is 0.340 e. The van der Waals surface area contributed by atoms with Crippen LogP contribution >= 0.6 is 0 Å². The van der Waals surface area contributed by atoms with Crippen molar-refractivity contribution in [1.29, 1.82) is 0 Å². The molecule has 0 saturated heterocycles. The van der Waals surface area contributed by atoms with Crippen LogP contribution in [-0.2, 0) is 4.74 Å². The monoisotopic (exact) mass is 276 g/mol. The summed E-state index contributed by atoms with van der Waals surface area (Å²) in [5.74, 6) is 0.441. The molecule has 0 heterocycles. The summed E-state index contributed by atoms with van der Waals surface area (Å²) < 4.78 is 4.83. The summed E-state index contributed by atoms with van der Waals surface area (Å²) in [7, 11) is 1.39. The lowest BCUT2D eigenvalue weighted by Gasteiger charge is -2.21. The topological polar surface area (TPSA) is 64.3 Å². The zero-order chi connectivity index (χ0) is 14.5. The van der Waals surface area contributed by atoms with Gasteiger partial charge in [-0.1, -0.05) is 25.8 Å². The normalized spacial score (nSPS) is 22.9. The molecule has 110 valence electrons. The zero-order valence-corrected chi connectivity index (χ0v) is 12.3. The molecule has 0 spiro atoms. The van der Waals surface area contributed by atoms with Crippen LogP contribution in [0, 0.1) is 5.92 Å². The summed E-state index contributed by atoms with van der Waals surface area (Å²) in [6.07, 6.45) is 5.97. The number of nitrogens with two attached hydrogens (primary N) is 1. The molecule has 1 aliphatic carbocycles. The minimum atomic E-state index is -0.346. The smallest absolute Gasteiger partial charge is 0.340 e. The van der Waals surface area contributed by atoms with Crippen molar-refractivity contribution >= 4 is 17.3 Å². The molecule has 1 fully saturated rings. The number of carbonyl (C=O) groups excluding carboxylic acids is 1. The zero-order valence-electron chi connectivity index (χ0n) is 12.3. The lowest BCUT2D eigenvalue weighted by atomic mass is 10.0. The second kappa shape index (κ2) is 6.64. The van der Waals surface area contributed by atoms with E-state index in [1.807, 2.05) is 6.07 Å². The Labute approximate surface area is 120 Å². The molecule has 0 aromatic heterocycles. The number of carbonyl (C=O) groups is 1. The van der Waals surface area contributed by atoms with Crippen molar-refractivity contribution in [3.05, 3.63) is 23.8 Å². The molecule has 4 heteroatoms. The summed E-state index contributed by atoms with van der Waals surface area (Å²) in [6, 6.07) is 5.73. The van der Waals surface area contributed by atoms with Gasteiger partial charge in [-0.2, -0.15) is 0 Å². The molecule has 0 radical (unpaired) electrons. The maximum atomic E-state index is 11.8. The highest BCUT2D eigenvalue weighted by Crippen LogP contribution is 2.29. The molecule has 3 N–H and O–H groups in total. The van der Waals surface area contributed by atoms with Crippen LogP contribution in [0.5, 0.6) is 0 Å². The highest BCUT2D eigenvalue weighted by molar-refractivity contribution is 5.98. The number of nitrogen functional groups attached to an aromatic ring is 1. The Morgan fingerprint density at radius 2 is 2.10 bits per heavy atom. The van der Waals surface area contributed by atoms with Crippen molar-refractivity contribution < 1.29 is 9.53 Å². The number of methoxy groups -OCH3 is 1. The fraction of sp³-hybridized carbons (Fsp3) is 0.562. The van der Waals surface area contributed by atoms with E-state index >= 15 is 0 Å². The molecule has 1 saturated carbocycles. The Hall–Kier alpha value is -1.71. The molecule has 0 amide bonds. The Morgan fingerprint density at radius 1 is 1.30 bits per heavy atom. The van der Waals surface area contributed by atoms with Crippen LogP contribution in [0.2, 0.25) is 0 Å². The van der Waals surface area contributed by atoms with Gasteiger partial charge in [0.15, 0.2) is 0 Å². The van der Waals surface area contributed by atoms with Gasteiger partial charge < -0.3 is 15.8 Å². The van der Waals surface area contributed by atoms with Crippen LogP contribution in [-0.4, -0.2) is 19.1 Å². The van der Waals surface area contributed by atoms with Crippen molar-refractivity contribution in [3.8, 4) is 0 Å². The molecule has 0 aliphatic heterocycles. The van der Waals surface area contributed by atoms with E-state index in [4.69, 9.17) is 10.5 Å². The Bertz CT molecular complexity index is 474. The number of para-hydroxylation sites is 1. The average Bonchev–Trinajstić information content (AvgIpc) is 2.65. The van der Waals surface area contributed by atoms with E-state index in [9.17, 15) is 4.79 Å². The van der Waals surface area contributed by atoms with Gasteiger partial charge in [0.25, 0.3) is 0 Å². The highest BCUT2D eigenvalue weighted by Gasteiger charge is 2.20. The lowest BCUT2D eigenvalue weighted by molar-refractivity contribution is 0.0602. The Morgan fingerprint density at radius 3 is 2.85 bits per heavy atom. The van der Waals surface area contributed by atoms with E-state index in [2.05, 4.69) is 12.2 Å². The molecule has 1 aliphatic rings. The first-order valence-corrected chi connectivity index (χ1v) is 7.35. The largest absolute Gasteiger partial charge is 0.465 e. The van der Waals surface area contributed by atoms with E-state index in [0.29, 0.717) is 17.3 Å². The van der Waals surface area contributed by atoms with E-state index < -0.39 is 0 Å². The number of rotatable bonds is 3. The maximum absolute atomic E-state index is 11.8. The van der Waals surface area contributed by atoms with E-state index in [0.717, 1.165) is 24.4 Å². The van der Waals surface area contributed by atoms with Gasteiger partial charge in [-0.15, -0.1) is 0 Å². The first-order chi connectivity index (χ1) is 9.61. The highest BCUT2D eigenvalue weighted by atomic mass is 16.5. The number of anilines is 2. The van der Waals surface area contributed by atoms with E-state index in [-0.39, 0.29) is 5.97 Å². The van der Waals surface area contributed by atoms with Crippen LogP contribution in [0.15, 0.2) is 18.2 Å². The van der Waals surface area contributed by atoms with Gasteiger partial charge in [0.05, 0.1) is 24.0 Å². The van der Waals surface area contributed by atoms with Crippen molar-refractivity contribution in [2.75, 3.05) is 18.2 Å². The van der Waals surface area contributed by atoms with Gasteiger partial charge in [0, 0.05) is 6.04 Å².